The summed E-state index contributed by atoms with van der Waals surface area (Å²) < 4.78 is 6.35. The number of nitrogens with zero attached hydrogens (tertiary/aromatic N) is 3. The Labute approximate surface area is 188 Å². The molecule has 0 saturated carbocycles. The second kappa shape index (κ2) is 9.62. The first-order valence-corrected chi connectivity index (χ1v) is 11.1. The summed E-state index contributed by atoms with van der Waals surface area (Å²) in [5.41, 5.74) is 2.04. The average molecular weight is 490 g/mol. The van der Waals surface area contributed by atoms with Gasteiger partial charge < -0.3 is 14.7 Å². The molecule has 0 radical (unpaired) electrons. The molecule has 1 fully saturated rings. The van der Waals surface area contributed by atoms with E-state index in [1.807, 2.05) is 24.3 Å². The fraction of sp³-hybridized carbons (Fsp3) is 0.318. The highest BCUT2D eigenvalue weighted by Gasteiger charge is 2.23. The van der Waals surface area contributed by atoms with Gasteiger partial charge in [-0.2, -0.15) is 4.98 Å². The number of benzene rings is 2. The van der Waals surface area contributed by atoms with Crippen molar-refractivity contribution in [2.45, 2.75) is 19.3 Å². The fourth-order valence-electron chi connectivity index (χ4n) is 3.55. The summed E-state index contributed by atoms with van der Waals surface area (Å²) in [4.78, 5) is 19.0. The summed E-state index contributed by atoms with van der Waals surface area (Å²) in [6.45, 7) is 2.64. The molecule has 0 spiro atoms. The van der Waals surface area contributed by atoms with Gasteiger partial charge in [-0.05, 0) is 54.8 Å². The smallest absolute Gasteiger partial charge is 0.227 e. The molecule has 6 nitrogen and oxygen atoms in total. The van der Waals surface area contributed by atoms with Crippen LogP contribution in [0.1, 0.15) is 18.7 Å². The topological polar surface area (TPSA) is 71.3 Å². The van der Waals surface area contributed by atoms with E-state index in [0.717, 1.165) is 29.5 Å². The predicted molar refractivity (Wildman–Crippen MR) is 121 cm³/mol. The summed E-state index contributed by atoms with van der Waals surface area (Å²) in [6.07, 6.45) is 1.81. The Bertz CT molecular complexity index is 1010. The minimum atomic E-state index is 0.00199. The van der Waals surface area contributed by atoms with Crippen LogP contribution in [0.25, 0.3) is 11.4 Å². The second-order valence-electron chi connectivity index (χ2n) is 7.40. The van der Waals surface area contributed by atoms with Gasteiger partial charge in [0.05, 0.1) is 0 Å². The molecular weight excluding hydrogens is 468 g/mol. The third-order valence-electron chi connectivity index (χ3n) is 5.18. The zero-order valence-electron chi connectivity index (χ0n) is 16.4. The summed E-state index contributed by atoms with van der Waals surface area (Å²) in [5, 5.41) is 7.67. The Hall–Kier alpha value is -2.38. The number of hydrogen-bond acceptors (Lipinski definition) is 5. The molecule has 3 aromatic rings. The van der Waals surface area contributed by atoms with Gasteiger partial charge in [-0.25, -0.2) is 0 Å². The van der Waals surface area contributed by atoms with E-state index in [2.05, 4.69) is 48.4 Å². The molecule has 1 saturated heterocycles. The molecule has 30 heavy (non-hydrogen) atoms. The number of aryl methyl sites for hydroxylation is 1. The number of halogens is 2. The van der Waals surface area contributed by atoms with Crippen LogP contribution in [0.3, 0.4) is 0 Å². The van der Waals surface area contributed by atoms with Gasteiger partial charge in [0.2, 0.25) is 17.6 Å². The Balaban J connectivity index is 1.21. The van der Waals surface area contributed by atoms with Gasteiger partial charge in [0, 0.05) is 53.2 Å². The van der Waals surface area contributed by atoms with E-state index in [1.54, 1.807) is 12.1 Å². The Morgan fingerprint density at radius 1 is 1.27 bits per heavy atom. The number of hydrogen-bond donors (Lipinski definition) is 1. The van der Waals surface area contributed by atoms with Crippen LogP contribution in [-0.2, 0) is 11.2 Å². The van der Waals surface area contributed by atoms with Gasteiger partial charge in [0.15, 0.2) is 0 Å². The van der Waals surface area contributed by atoms with Crippen molar-refractivity contribution in [2.24, 2.45) is 5.92 Å². The van der Waals surface area contributed by atoms with Crippen molar-refractivity contribution >= 4 is 39.1 Å². The molecule has 1 aliphatic heterocycles. The third kappa shape index (κ3) is 5.40. The van der Waals surface area contributed by atoms with Gasteiger partial charge >= 0.3 is 0 Å². The van der Waals surface area contributed by atoms with Crippen molar-refractivity contribution in [3.63, 3.8) is 0 Å². The van der Waals surface area contributed by atoms with Crippen LogP contribution in [-0.4, -0.2) is 35.7 Å². The number of rotatable bonds is 7. The molecule has 1 N–H and O–H groups in total. The molecule has 156 valence electrons. The Kier molecular flexibility index (Phi) is 6.69. The Morgan fingerprint density at radius 2 is 2.10 bits per heavy atom. The first kappa shape index (κ1) is 20.9. The number of amides is 1. The summed E-state index contributed by atoms with van der Waals surface area (Å²) in [6, 6.07) is 15.6. The fourth-order valence-corrected chi connectivity index (χ4v) is 4.06. The maximum absolute atomic E-state index is 12.2. The van der Waals surface area contributed by atoms with E-state index in [-0.39, 0.29) is 5.91 Å². The minimum Gasteiger partial charge on any atom is -0.371 e. The average Bonchev–Trinajstić information content (AvgIpc) is 3.41. The van der Waals surface area contributed by atoms with E-state index in [0.29, 0.717) is 42.0 Å². The van der Waals surface area contributed by atoms with E-state index < -0.39 is 0 Å². The molecule has 1 unspecified atom stereocenters. The molecule has 2 heterocycles. The van der Waals surface area contributed by atoms with E-state index in [9.17, 15) is 4.79 Å². The van der Waals surface area contributed by atoms with Gasteiger partial charge in [-0.15, -0.1) is 0 Å². The summed E-state index contributed by atoms with van der Waals surface area (Å²) in [5.74, 6) is 1.41. The van der Waals surface area contributed by atoms with Crippen LogP contribution in [0, 0.1) is 5.92 Å². The number of aromatic nitrogens is 2. The van der Waals surface area contributed by atoms with E-state index in [1.165, 1.54) is 5.69 Å². The lowest BCUT2D eigenvalue weighted by Gasteiger charge is -2.19. The maximum Gasteiger partial charge on any atom is 0.227 e. The van der Waals surface area contributed by atoms with E-state index >= 15 is 0 Å². The minimum absolute atomic E-state index is 0.00199. The highest BCUT2D eigenvalue weighted by Crippen LogP contribution is 2.26. The number of anilines is 1. The molecular formula is C22H22BrClN4O2. The zero-order valence-corrected chi connectivity index (χ0v) is 18.7. The van der Waals surface area contributed by atoms with Crippen molar-refractivity contribution in [2.75, 3.05) is 24.5 Å². The number of carbonyl (C=O) groups is 1. The predicted octanol–water partition coefficient (Wildman–Crippen LogP) is 4.73. The van der Waals surface area contributed by atoms with Gasteiger partial charge in [-0.1, -0.05) is 38.8 Å². The first-order chi connectivity index (χ1) is 14.6. The molecule has 2 aromatic carbocycles. The summed E-state index contributed by atoms with van der Waals surface area (Å²) in [7, 11) is 0. The molecule has 0 bridgehead atoms. The molecule has 1 aromatic heterocycles. The van der Waals surface area contributed by atoms with Gasteiger partial charge in [-0.3, -0.25) is 4.79 Å². The van der Waals surface area contributed by atoms with Crippen LogP contribution in [0.4, 0.5) is 5.69 Å². The van der Waals surface area contributed by atoms with Crippen LogP contribution in [0.5, 0.6) is 0 Å². The zero-order chi connectivity index (χ0) is 20.9. The lowest BCUT2D eigenvalue weighted by molar-refractivity contribution is -0.121. The highest BCUT2D eigenvalue weighted by atomic mass is 79.9. The highest BCUT2D eigenvalue weighted by molar-refractivity contribution is 9.10. The van der Waals surface area contributed by atoms with Crippen molar-refractivity contribution < 1.29 is 9.32 Å². The SMILES string of the molecule is O=C(CCc1nc(-c2ccc(Cl)cc2)no1)NCC1CCN(c2cccc(Br)c2)C1. The monoisotopic (exact) mass is 488 g/mol. The lowest BCUT2D eigenvalue weighted by Crippen LogP contribution is -2.31. The second-order valence-corrected chi connectivity index (χ2v) is 8.76. The standard InChI is InChI=1S/C22H22BrClN4O2/c23-17-2-1-3-19(12-17)28-11-10-15(14-28)13-25-20(29)8-9-21-26-22(27-30-21)16-4-6-18(24)7-5-16/h1-7,12,15H,8-11,13-14H2,(H,25,29). The first-order valence-electron chi connectivity index (χ1n) is 9.92. The van der Waals surface area contributed by atoms with Crippen LogP contribution >= 0.6 is 27.5 Å². The Morgan fingerprint density at radius 3 is 2.90 bits per heavy atom. The molecule has 1 amide bonds. The molecule has 1 atom stereocenters. The maximum atomic E-state index is 12.2. The van der Waals surface area contributed by atoms with Gasteiger partial charge in [0.1, 0.15) is 0 Å². The van der Waals surface area contributed by atoms with Crippen molar-refractivity contribution in [1.29, 1.82) is 0 Å². The molecule has 1 aliphatic rings. The van der Waals surface area contributed by atoms with Crippen molar-refractivity contribution in [3.8, 4) is 11.4 Å². The molecule has 8 heteroatoms. The third-order valence-corrected chi connectivity index (χ3v) is 5.93. The molecule has 4 rings (SSSR count). The van der Waals surface area contributed by atoms with E-state index in [4.69, 9.17) is 16.1 Å². The van der Waals surface area contributed by atoms with Crippen LogP contribution < -0.4 is 10.2 Å². The molecule has 0 aliphatic carbocycles. The quantitative estimate of drug-likeness (QED) is 0.520. The largest absolute Gasteiger partial charge is 0.371 e. The van der Waals surface area contributed by atoms with Crippen LogP contribution in [0.2, 0.25) is 5.02 Å². The number of carbonyl (C=O) groups excluding carboxylic acids is 1. The lowest BCUT2D eigenvalue weighted by atomic mass is 10.1. The normalized spacial score (nSPS) is 16.1. The van der Waals surface area contributed by atoms with Crippen molar-refractivity contribution in [3.05, 3.63) is 63.9 Å². The number of nitrogens with one attached hydrogen (secondary N) is 1. The van der Waals surface area contributed by atoms with Crippen molar-refractivity contribution in [1.82, 2.24) is 15.5 Å². The van der Waals surface area contributed by atoms with Crippen LogP contribution in [0.15, 0.2) is 57.5 Å². The summed E-state index contributed by atoms with van der Waals surface area (Å²) >= 11 is 9.42. The van der Waals surface area contributed by atoms with Gasteiger partial charge in [0.25, 0.3) is 0 Å².